The van der Waals surface area contributed by atoms with E-state index in [4.69, 9.17) is 15.5 Å². The maximum atomic E-state index is 12.1. The number of nitrogens with two attached hydrogens (primary N) is 1. The highest BCUT2D eigenvalue weighted by atomic mass is 16.5. The summed E-state index contributed by atoms with van der Waals surface area (Å²) < 4.78 is 5.63. The molecule has 152 valence electrons. The molecule has 3 N–H and O–H groups in total. The molecular weight excluding hydrogens is 378 g/mol. The third kappa shape index (κ3) is 3.05. The van der Waals surface area contributed by atoms with E-state index in [0.717, 1.165) is 27.9 Å². The number of hydrogen-bond acceptors (Lipinski definition) is 5. The Kier molecular flexibility index (Phi) is 4.34. The molecule has 6 heteroatoms. The molecule has 1 aliphatic heterocycles. The first-order valence-electron chi connectivity index (χ1n) is 10.0. The summed E-state index contributed by atoms with van der Waals surface area (Å²) in [5.74, 6) is 0.351. The Bertz CT molecular complexity index is 1110. The number of aromatic nitrogens is 1. The van der Waals surface area contributed by atoms with Gasteiger partial charge in [0, 0.05) is 23.7 Å². The summed E-state index contributed by atoms with van der Waals surface area (Å²) in [4.78, 5) is 18.5. The number of benzene rings is 2. The van der Waals surface area contributed by atoms with Crippen LogP contribution >= 0.6 is 0 Å². The van der Waals surface area contributed by atoms with Gasteiger partial charge in [0.25, 0.3) is 5.91 Å². The molecule has 0 radical (unpaired) electrons. The number of ether oxygens (including phenoxy) is 1. The van der Waals surface area contributed by atoms with Crippen molar-refractivity contribution in [3.8, 4) is 28.3 Å². The first kappa shape index (κ1) is 18.8. The molecule has 1 fully saturated rings. The van der Waals surface area contributed by atoms with E-state index in [2.05, 4.69) is 0 Å². The number of carbonyl (C=O) groups excluding carboxylic acids is 1. The minimum absolute atomic E-state index is 0.0163. The standard InChI is InChI=1S/C24H23N3O3/c1-27-20-11-19(15-5-3-2-4-6-15)22(26-23(20)30-14-21(27)29)16-7-9-17(10-8-16)24(25)12-18(28)13-24/h2-11,18,28H,12-14,25H2,1H3/t18-,24-. The molecule has 3 aromatic rings. The number of likely N-dealkylation sites (N-methyl/N-ethyl adjacent to an activating group) is 1. The normalized spacial score (nSPS) is 22.8. The topological polar surface area (TPSA) is 88.7 Å². The van der Waals surface area contributed by atoms with E-state index in [-0.39, 0.29) is 18.6 Å². The first-order valence-corrected chi connectivity index (χ1v) is 10.0. The molecular formula is C24H23N3O3. The predicted octanol–water partition coefficient (Wildman–Crippen LogP) is 3.08. The van der Waals surface area contributed by atoms with Crippen LogP contribution in [0.25, 0.3) is 22.4 Å². The smallest absolute Gasteiger partial charge is 0.264 e. The van der Waals surface area contributed by atoms with Gasteiger partial charge >= 0.3 is 0 Å². The summed E-state index contributed by atoms with van der Waals surface area (Å²) in [7, 11) is 1.74. The van der Waals surface area contributed by atoms with Crippen LogP contribution in [0.15, 0.2) is 60.7 Å². The lowest BCUT2D eigenvalue weighted by Crippen LogP contribution is -2.51. The molecule has 6 nitrogen and oxygen atoms in total. The molecule has 2 heterocycles. The van der Waals surface area contributed by atoms with Crippen LogP contribution in [0.1, 0.15) is 18.4 Å². The molecule has 2 aliphatic rings. The van der Waals surface area contributed by atoms with Gasteiger partial charge in [0.15, 0.2) is 6.61 Å². The van der Waals surface area contributed by atoms with Crippen molar-refractivity contribution in [1.29, 1.82) is 0 Å². The maximum Gasteiger partial charge on any atom is 0.264 e. The van der Waals surface area contributed by atoms with Gasteiger partial charge in [-0.15, -0.1) is 0 Å². The van der Waals surface area contributed by atoms with Gasteiger partial charge in [-0.1, -0.05) is 54.6 Å². The second kappa shape index (κ2) is 6.93. The van der Waals surface area contributed by atoms with Gasteiger partial charge in [0.1, 0.15) is 5.69 Å². The summed E-state index contributed by atoms with van der Waals surface area (Å²) in [6, 6.07) is 20.0. The highest BCUT2D eigenvalue weighted by Gasteiger charge is 2.41. The van der Waals surface area contributed by atoms with Crippen LogP contribution < -0.4 is 15.4 Å². The fourth-order valence-electron chi connectivity index (χ4n) is 4.23. The quantitative estimate of drug-likeness (QED) is 0.704. The Morgan fingerprint density at radius 3 is 2.47 bits per heavy atom. The second-order valence-electron chi connectivity index (χ2n) is 8.11. The van der Waals surface area contributed by atoms with E-state index in [1.807, 2.05) is 60.7 Å². The molecule has 1 amide bonds. The number of aliphatic hydroxyl groups is 1. The molecule has 0 saturated heterocycles. The van der Waals surface area contributed by atoms with Gasteiger partial charge in [0.05, 0.1) is 11.8 Å². The average molecular weight is 401 g/mol. The highest BCUT2D eigenvalue weighted by molar-refractivity contribution is 5.98. The minimum atomic E-state index is -0.463. The zero-order valence-electron chi connectivity index (χ0n) is 16.7. The van der Waals surface area contributed by atoms with Crippen molar-refractivity contribution >= 4 is 11.6 Å². The van der Waals surface area contributed by atoms with Gasteiger partial charge in [0.2, 0.25) is 5.88 Å². The molecule has 30 heavy (non-hydrogen) atoms. The SMILES string of the molecule is CN1C(=O)COc2nc(-c3ccc([C@]4(N)C[C@H](O)C4)cc3)c(-c3ccccc3)cc21. The van der Waals surface area contributed by atoms with Crippen LogP contribution in [-0.2, 0) is 10.3 Å². The Labute approximate surface area is 174 Å². The fraction of sp³-hybridized carbons (Fsp3) is 0.250. The van der Waals surface area contributed by atoms with Crippen molar-refractivity contribution in [3.63, 3.8) is 0 Å². The number of hydrogen-bond donors (Lipinski definition) is 2. The third-order valence-electron chi connectivity index (χ3n) is 6.05. The lowest BCUT2D eigenvalue weighted by Gasteiger charge is -2.42. The number of rotatable bonds is 3. The van der Waals surface area contributed by atoms with Gasteiger partial charge in [-0.3, -0.25) is 4.79 Å². The van der Waals surface area contributed by atoms with Crippen LogP contribution in [0.3, 0.4) is 0 Å². The van der Waals surface area contributed by atoms with E-state index >= 15 is 0 Å². The summed E-state index contributed by atoms with van der Waals surface area (Å²) in [5, 5.41) is 9.66. The van der Waals surface area contributed by atoms with Crippen molar-refractivity contribution in [3.05, 3.63) is 66.2 Å². The minimum Gasteiger partial charge on any atom is -0.466 e. The monoisotopic (exact) mass is 401 g/mol. The van der Waals surface area contributed by atoms with E-state index in [1.165, 1.54) is 0 Å². The number of nitrogens with zero attached hydrogens (tertiary/aromatic N) is 2. The number of anilines is 1. The molecule has 1 aromatic heterocycles. The van der Waals surface area contributed by atoms with E-state index in [1.54, 1.807) is 11.9 Å². The van der Waals surface area contributed by atoms with Gasteiger partial charge in [-0.05, 0) is 30.0 Å². The maximum absolute atomic E-state index is 12.1. The van der Waals surface area contributed by atoms with E-state index in [0.29, 0.717) is 24.4 Å². The van der Waals surface area contributed by atoms with Crippen LogP contribution in [-0.4, -0.2) is 35.8 Å². The van der Waals surface area contributed by atoms with Crippen molar-refractivity contribution in [2.24, 2.45) is 5.73 Å². The van der Waals surface area contributed by atoms with Crippen LogP contribution in [0.5, 0.6) is 5.88 Å². The molecule has 1 saturated carbocycles. The molecule has 0 bridgehead atoms. The number of carbonyl (C=O) groups is 1. The van der Waals surface area contributed by atoms with Crippen LogP contribution in [0.2, 0.25) is 0 Å². The number of fused-ring (bicyclic) bond motifs is 1. The molecule has 0 atom stereocenters. The van der Waals surface area contributed by atoms with Crippen molar-refractivity contribution in [2.75, 3.05) is 18.6 Å². The van der Waals surface area contributed by atoms with Crippen LogP contribution in [0, 0.1) is 0 Å². The van der Waals surface area contributed by atoms with Crippen LogP contribution in [0.4, 0.5) is 5.69 Å². The van der Waals surface area contributed by atoms with Crippen molar-refractivity contribution in [2.45, 2.75) is 24.5 Å². The lowest BCUT2D eigenvalue weighted by molar-refractivity contribution is -0.121. The average Bonchev–Trinajstić information content (AvgIpc) is 2.75. The Morgan fingerprint density at radius 2 is 1.80 bits per heavy atom. The second-order valence-corrected chi connectivity index (χ2v) is 8.11. The number of pyridine rings is 1. The predicted molar refractivity (Wildman–Crippen MR) is 115 cm³/mol. The highest BCUT2D eigenvalue weighted by Crippen LogP contribution is 2.42. The molecule has 1 aliphatic carbocycles. The number of aliphatic hydroxyl groups excluding tert-OH is 1. The molecule has 5 rings (SSSR count). The summed E-state index contributed by atoms with van der Waals surface area (Å²) in [6.45, 7) is -0.0163. The van der Waals surface area contributed by atoms with Gasteiger partial charge in [-0.2, -0.15) is 0 Å². The van der Waals surface area contributed by atoms with E-state index < -0.39 is 5.54 Å². The van der Waals surface area contributed by atoms with Crippen molar-refractivity contribution in [1.82, 2.24) is 4.98 Å². The zero-order valence-corrected chi connectivity index (χ0v) is 16.7. The first-order chi connectivity index (χ1) is 14.4. The zero-order chi connectivity index (χ0) is 20.9. The Morgan fingerprint density at radius 1 is 1.10 bits per heavy atom. The molecule has 0 spiro atoms. The fourth-order valence-corrected chi connectivity index (χ4v) is 4.23. The van der Waals surface area contributed by atoms with Crippen molar-refractivity contribution < 1.29 is 14.6 Å². The van der Waals surface area contributed by atoms with Gasteiger partial charge in [-0.25, -0.2) is 4.98 Å². The largest absolute Gasteiger partial charge is 0.466 e. The Hall–Kier alpha value is -3.22. The summed E-state index contributed by atoms with van der Waals surface area (Å²) in [5.41, 5.74) is 11.3. The van der Waals surface area contributed by atoms with E-state index in [9.17, 15) is 9.90 Å². The lowest BCUT2D eigenvalue weighted by atomic mass is 9.70. The Balaban J connectivity index is 1.61. The third-order valence-corrected chi connectivity index (χ3v) is 6.05. The number of amides is 1. The molecule has 2 aromatic carbocycles. The summed E-state index contributed by atoms with van der Waals surface area (Å²) in [6.07, 6.45) is 0.832. The van der Waals surface area contributed by atoms with Gasteiger partial charge < -0.3 is 20.5 Å². The summed E-state index contributed by atoms with van der Waals surface area (Å²) >= 11 is 0. The molecule has 0 unspecified atom stereocenters.